The highest BCUT2D eigenvalue weighted by atomic mass is 127. The molecule has 4 nitrogen and oxygen atoms in total. The Balaban J connectivity index is 2.12. The van der Waals surface area contributed by atoms with Crippen LogP contribution in [-0.4, -0.2) is 19.7 Å². The van der Waals surface area contributed by atoms with Crippen molar-refractivity contribution in [3.8, 4) is 0 Å². The number of aromatic nitrogens is 4. The van der Waals surface area contributed by atoms with Gasteiger partial charge in [0.15, 0.2) is 5.65 Å². The highest BCUT2D eigenvalue weighted by molar-refractivity contribution is 14.1. The molecule has 20 heavy (non-hydrogen) atoms. The Bertz CT molecular complexity index is 782. The summed E-state index contributed by atoms with van der Waals surface area (Å²) in [7, 11) is 0. The van der Waals surface area contributed by atoms with Crippen molar-refractivity contribution in [1.82, 2.24) is 19.7 Å². The normalized spacial score (nSPS) is 11.2. The quantitative estimate of drug-likeness (QED) is 0.633. The molecular weight excluding hydrogens is 384 g/mol. The van der Waals surface area contributed by atoms with Gasteiger partial charge in [-0.15, -0.1) is 0 Å². The molecule has 3 aromatic rings. The summed E-state index contributed by atoms with van der Waals surface area (Å²) in [6.07, 6.45) is 2.90. The van der Waals surface area contributed by atoms with Crippen LogP contribution in [0, 0.1) is 21.2 Å². The van der Waals surface area contributed by atoms with Crippen LogP contribution in [0.1, 0.15) is 5.56 Å². The summed E-state index contributed by atoms with van der Waals surface area (Å²) in [4.78, 5) is 7.34. The average molecular weight is 390 g/mol. The fraction of sp³-hybridized carbons (Fsp3) is 0.0833. The number of hydrogen-bond acceptors (Lipinski definition) is 3. The molecule has 0 saturated carbocycles. The zero-order valence-electron chi connectivity index (χ0n) is 9.82. The summed E-state index contributed by atoms with van der Waals surface area (Å²) in [6, 6.07) is 1.28. The molecule has 0 aliphatic heterocycles. The van der Waals surface area contributed by atoms with Gasteiger partial charge in [-0.05, 0) is 28.7 Å². The third-order valence-corrected chi connectivity index (χ3v) is 3.57. The van der Waals surface area contributed by atoms with E-state index in [1.165, 1.54) is 10.7 Å². The van der Waals surface area contributed by atoms with E-state index in [1.807, 2.05) is 22.6 Å². The van der Waals surface area contributed by atoms with Crippen LogP contribution in [0.2, 0.25) is 0 Å². The van der Waals surface area contributed by atoms with Gasteiger partial charge in [0.2, 0.25) is 0 Å². The van der Waals surface area contributed by atoms with Crippen molar-refractivity contribution in [3.63, 3.8) is 0 Å². The van der Waals surface area contributed by atoms with Crippen LogP contribution < -0.4 is 0 Å². The van der Waals surface area contributed by atoms with Crippen molar-refractivity contribution < 1.29 is 13.2 Å². The Kier molecular flexibility index (Phi) is 3.32. The molecule has 0 saturated heterocycles. The van der Waals surface area contributed by atoms with Crippen molar-refractivity contribution in [2.45, 2.75) is 6.54 Å². The third kappa shape index (κ3) is 2.23. The fourth-order valence-corrected chi connectivity index (χ4v) is 2.50. The van der Waals surface area contributed by atoms with Gasteiger partial charge in [-0.25, -0.2) is 22.8 Å². The molecule has 3 rings (SSSR count). The highest BCUT2D eigenvalue weighted by Gasteiger charge is 2.15. The summed E-state index contributed by atoms with van der Waals surface area (Å²) < 4.78 is 42.2. The fourth-order valence-electron chi connectivity index (χ4n) is 1.85. The first-order valence-electron chi connectivity index (χ1n) is 5.51. The molecule has 3 aromatic heterocycles. The summed E-state index contributed by atoms with van der Waals surface area (Å²) >= 11 is 1.92. The lowest BCUT2D eigenvalue weighted by atomic mass is 10.2. The molecule has 0 aliphatic rings. The molecule has 3 heterocycles. The second-order valence-electron chi connectivity index (χ2n) is 4.05. The van der Waals surface area contributed by atoms with Crippen molar-refractivity contribution >= 4 is 33.6 Å². The molecule has 0 unspecified atom stereocenters. The Morgan fingerprint density at radius 3 is 2.50 bits per heavy atom. The van der Waals surface area contributed by atoms with Crippen LogP contribution in [0.3, 0.4) is 0 Å². The molecule has 0 fully saturated rings. The first-order chi connectivity index (χ1) is 9.56. The van der Waals surface area contributed by atoms with Crippen LogP contribution in [0.15, 0.2) is 24.7 Å². The first-order valence-corrected chi connectivity index (χ1v) is 6.59. The Morgan fingerprint density at radius 1 is 1.10 bits per heavy atom. The summed E-state index contributed by atoms with van der Waals surface area (Å²) in [5, 5.41) is 4.63. The number of hydrogen-bond donors (Lipinski definition) is 0. The van der Waals surface area contributed by atoms with Crippen molar-refractivity contribution in [2.24, 2.45) is 0 Å². The maximum absolute atomic E-state index is 13.6. The second-order valence-corrected chi connectivity index (χ2v) is 5.08. The van der Waals surface area contributed by atoms with Crippen molar-refractivity contribution in [3.05, 3.63) is 51.4 Å². The smallest absolute Gasteiger partial charge is 0.159 e. The SMILES string of the molecule is Fc1cnc2c(c1)c(I)nn2Cc1c(F)cncc1F. The lowest BCUT2D eigenvalue weighted by Crippen LogP contribution is -2.07. The monoisotopic (exact) mass is 390 g/mol. The van der Waals surface area contributed by atoms with Gasteiger partial charge in [-0.3, -0.25) is 4.98 Å². The molecule has 102 valence electrons. The van der Waals surface area contributed by atoms with Crippen LogP contribution >= 0.6 is 22.6 Å². The Labute approximate surface area is 124 Å². The van der Waals surface area contributed by atoms with E-state index >= 15 is 0 Å². The van der Waals surface area contributed by atoms with E-state index in [9.17, 15) is 13.2 Å². The van der Waals surface area contributed by atoms with Gasteiger partial charge in [-0.1, -0.05) is 0 Å². The number of rotatable bonds is 2. The maximum atomic E-state index is 13.6. The molecule has 0 spiro atoms. The molecular formula is C12H6F3IN4. The van der Waals surface area contributed by atoms with Crippen molar-refractivity contribution in [1.29, 1.82) is 0 Å². The number of nitrogens with zero attached hydrogens (tertiary/aromatic N) is 4. The van der Waals surface area contributed by atoms with Gasteiger partial charge in [-0.2, -0.15) is 5.10 Å². The van der Waals surface area contributed by atoms with E-state index in [1.54, 1.807) is 0 Å². The van der Waals surface area contributed by atoms with Crippen LogP contribution in [-0.2, 0) is 6.54 Å². The second kappa shape index (κ2) is 5.00. The molecule has 8 heteroatoms. The molecule has 0 aliphatic carbocycles. The highest BCUT2D eigenvalue weighted by Crippen LogP contribution is 2.21. The predicted molar refractivity (Wildman–Crippen MR) is 73.5 cm³/mol. The van der Waals surface area contributed by atoms with Gasteiger partial charge in [0, 0.05) is 5.56 Å². The number of fused-ring (bicyclic) bond motifs is 1. The molecule has 0 aromatic carbocycles. The van der Waals surface area contributed by atoms with Gasteiger partial charge >= 0.3 is 0 Å². The maximum Gasteiger partial charge on any atom is 0.159 e. The molecule has 0 radical (unpaired) electrons. The largest absolute Gasteiger partial charge is 0.259 e. The van der Waals surface area contributed by atoms with E-state index in [4.69, 9.17) is 0 Å². The van der Waals surface area contributed by atoms with E-state index in [0.29, 0.717) is 14.7 Å². The zero-order chi connectivity index (χ0) is 14.3. The molecule has 0 bridgehead atoms. The lowest BCUT2D eigenvalue weighted by molar-refractivity contribution is 0.527. The van der Waals surface area contributed by atoms with E-state index < -0.39 is 17.5 Å². The number of halogens is 4. The summed E-state index contributed by atoms with van der Waals surface area (Å²) in [5.74, 6) is -2.01. The molecule has 0 atom stereocenters. The third-order valence-electron chi connectivity index (χ3n) is 2.77. The van der Waals surface area contributed by atoms with E-state index in [0.717, 1.165) is 18.6 Å². The Morgan fingerprint density at radius 2 is 1.80 bits per heavy atom. The van der Waals surface area contributed by atoms with Crippen molar-refractivity contribution in [2.75, 3.05) is 0 Å². The minimum Gasteiger partial charge on any atom is -0.259 e. The lowest BCUT2D eigenvalue weighted by Gasteiger charge is -2.05. The van der Waals surface area contributed by atoms with Gasteiger partial charge in [0.05, 0.1) is 30.5 Å². The van der Waals surface area contributed by atoms with Gasteiger partial charge < -0.3 is 0 Å². The topological polar surface area (TPSA) is 43.6 Å². The Hall–Kier alpha value is -1.71. The average Bonchev–Trinajstić information content (AvgIpc) is 2.70. The van der Waals surface area contributed by atoms with Crippen LogP contribution in [0.4, 0.5) is 13.2 Å². The van der Waals surface area contributed by atoms with Crippen LogP contribution in [0.5, 0.6) is 0 Å². The summed E-state index contributed by atoms with van der Waals surface area (Å²) in [5.41, 5.74) is 0.207. The van der Waals surface area contributed by atoms with Gasteiger partial charge in [0.1, 0.15) is 21.2 Å². The predicted octanol–water partition coefficient (Wildman–Crippen LogP) is 2.90. The minimum absolute atomic E-state index is 0.141. The number of pyridine rings is 2. The minimum atomic E-state index is -0.759. The summed E-state index contributed by atoms with van der Waals surface area (Å²) in [6.45, 7) is -0.141. The van der Waals surface area contributed by atoms with E-state index in [2.05, 4.69) is 15.1 Å². The first kappa shape index (κ1) is 13.3. The molecule has 0 amide bonds. The molecule has 0 N–H and O–H groups in total. The zero-order valence-corrected chi connectivity index (χ0v) is 12.0. The standard InChI is InChI=1S/C12H6F3IN4/c13-6-1-7-11(16)19-20(12(7)18-2-6)5-8-9(14)3-17-4-10(8)15/h1-4H,5H2. The van der Waals surface area contributed by atoms with Crippen LogP contribution in [0.25, 0.3) is 11.0 Å². The van der Waals surface area contributed by atoms with Gasteiger partial charge in [0.25, 0.3) is 0 Å². The van der Waals surface area contributed by atoms with E-state index in [-0.39, 0.29) is 12.1 Å².